The van der Waals surface area contributed by atoms with Gasteiger partial charge < -0.3 is 15.0 Å². The van der Waals surface area contributed by atoms with Crippen LogP contribution in [0.2, 0.25) is 0 Å². The van der Waals surface area contributed by atoms with E-state index in [9.17, 15) is 0 Å². The average Bonchev–Trinajstić information content (AvgIpc) is 2.85. The van der Waals surface area contributed by atoms with Crippen LogP contribution in [0.3, 0.4) is 0 Å². The molecule has 0 spiro atoms. The van der Waals surface area contributed by atoms with Crippen LogP contribution >= 0.6 is 0 Å². The first-order valence-corrected chi connectivity index (χ1v) is 7.09. The van der Waals surface area contributed by atoms with Crippen LogP contribution in [0.1, 0.15) is 43.1 Å². The standard InChI is InChI=1S/C16H23N3O/c1-4-7-19-11-18-9-15(19)10-20-16-6-5-14(13(3)17)8-12(16)2/h5-6,8-9,11,13H,4,7,10,17H2,1-3H3/t13-/m0/s1. The van der Waals surface area contributed by atoms with Crippen molar-refractivity contribution in [2.24, 2.45) is 5.73 Å². The first-order valence-electron chi connectivity index (χ1n) is 7.09. The molecule has 0 amide bonds. The first kappa shape index (κ1) is 14.6. The third kappa shape index (κ3) is 3.39. The van der Waals surface area contributed by atoms with E-state index in [1.54, 1.807) is 0 Å². The van der Waals surface area contributed by atoms with E-state index < -0.39 is 0 Å². The maximum atomic E-state index is 5.90. The summed E-state index contributed by atoms with van der Waals surface area (Å²) in [5, 5.41) is 0. The molecule has 0 saturated carbocycles. The number of rotatable bonds is 6. The molecule has 0 aliphatic heterocycles. The van der Waals surface area contributed by atoms with Crippen molar-refractivity contribution < 1.29 is 4.74 Å². The highest BCUT2D eigenvalue weighted by Crippen LogP contribution is 2.22. The minimum absolute atomic E-state index is 0.0498. The summed E-state index contributed by atoms with van der Waals surface area (Å²) in [5.41, 5.74) is 9.23. The third-order valence-electron chi connectivity index (χ3n) is 3.36. The van der Waals surface area contributed by atoms with Gasteiger partial charge in [-0.25, -0.2) is 4.98 Å². The van der Waals surface area contributed by atoms with Crippen LogP contribution in [0.4, 0.5) is 0 Å². The average molecular weight is 273 g/mol. The summed E-state index contributed by atoms with van der Waals surface area (Å²) in [7, 11) is 0. The molecule has 1 aromatic carbocycles. The number of aromatic nitrogens is 2. The molecule has 2 N–H and O–H groups in total. The van der Waals surface area contributed by atoms with Gasteiger partial charge in [-0.1, -0.05) is 19.1 Å². The van der Waals surface area contributed by atoms with Gasteiger partial charge in [-0.15, -0.1) is 0 Å². The molecule has 1 aromatic heterocycles. The fourth-order valence-electron chi connectivity index (χ4n) is 2.18. The first-order chi connectivity index (χ1) is 9.61. The molecule has 4 nitrogen and oxygen atoms in total. The van der Waals surface area contributed by atoms with Gasteiger partial charge in [-0.05, 0) is 37.5 Å². The Labute approximate surface area is 120 Å². The highest BCUT2D eigenvalue weighted by molar-refractivity contribution is 5.37. The second-order valence-corrected chi connectivity index (χ2v) is 5.18. The van der Waals surface area contributed by atoms with Crippen molar-refractivity contribution in [1.29, 1.82) is 0 Å². The number of nitrogens with two attached hydrogens (primary N) is 1. The van der Waals surface area contributed by atoms with Crippen LogP contribution < -0.4 is 10.5 Å². The van der Waals surface area contributed by atoms with E-state index in [0.29, 0.717) is 6.61 Å². The van der Waals surface area contributed by atoms with Crippen LogP contribution in [0.15, 0.2) is 30.7 Å². The minimum Gasteiger partial charge on any atom is -0.487 e. The molecule has 1 atom stereocenters. The minimum atomic E-state index is 0.0498. The Balaban J connectivity index is 2.05. The molecule has 2 aromatic rings. The quantitative estimate of drug-likeness (QED) is 0.879. The van der Waals surface area contributed by atoms with E-state index in [-0.39, 0.29) is 6.04 Å². The summed E-state index contributed by atoms with van der Waals surface area (Å²) in [4.78, 5) is 4.18. The van der Waals surface area contributed by atoms with E-state index in [2.05, 4.69) is 22.5 Å². The second kappa shape index (κ2) is 6.57. The Bertz CT molecular complexity index is 561. The smallest absolute Gasteiger partial charge is 0.130 e. The molecule has 0 fully saturated rings. The fourth-order valence-corrected chi connectivity index (χ4v) is 2.18. The van der Waals surface area contributed by atoms with Gasteiger partial charge in [0, 0.05) is 12.6 Å². The van der Waals surface area contributed by atoms with Gasteiger partial charge in [0.25, 0.3) is 0 Å². The van der Waals surface area contributed by atoms with Crippen molar-refractivity contribution in [3.8, 4) is 5.75 Å². The summed E-state index contributed by atoms with van der Waals surface area (Å²) in [6.07, 6.45) is 4.81. The van der Waals surface area contributed by atoms with Gasteiger partial charge in [0.2, 0.25) is 0 Å². The summed E-state index contributed by atoms with van der Waals surface area (Å²) in [6, 6.07) is 6.16. The van der Waals surface area contributed by atoms with Crippen LogP contribution in [-0.4, -0.2) is 9.55 Å². The maximum Gasteiger partial charge on any atom is 0.130 e. The van der Waals surface area contributed by atoms with Crippen LogP contribution in [0.5, 0.6) is 5.75 Å². The molecule has 4 heteroatoms. The number of aryl methyl sites for hydroxylation is 2. The van der Waals surface area contributed by atoms with Gasteiger partial charge in [-0.3, -0.25) is 0 Å². The van der Waals surface area contributed by atoms with Crippen molar-refractivity contribution in [3.63, 3.8) is 0 Å². The molecule has 108 valence electrons. The molecule has 0 aliphatic rings. The Kier molecular flexibility index (Phi) is 4.79. The maximum absolute atomic E-state index is 5.90. The van der Waals surface area contributed by atoms with Crippen LogP contribution in [0.25, 0.3) is 0 Å². The van der Waals surface area contributed by atoms with E-state index in [1.165, 1.54) is 0 Å². The largest absolute Gasteiger partial charge is 0.487 e. The molecule has 0 unspecified atom stereocenters. The third-order valence-corrected chi connectivity index (χ3v) is 3.36. The van der Waals surface area contributed by atoms with Gasteiger partial charge in [0.05, 0.1) is 18.2 Å². The molecule has 2 rings (SSSR count). The van der Waals surface area contributed by atoms with Crippen LogP contribution in [0, 0.1) is 6.92 Å². The van der Waals surface area contributed by atoms with E-state index in [1.807, 2.05) is 38.5 Å². The van der Waals surface area contributed by atoms with Crippen LogP contribution in [-0.2, 0) is 13.2 Å². The molecular weight excluding hydrogens is 250 g/mol. The van der Waals surface area contributed by atoms with Crippen molar-refractivity contribution in [2.75, 3.05) is 0 Å². The fraction of sp³-hybridized carbons (Fsp3) is 0.438. The Morgan fingerprint density at radius 2 is 2.20 bits per heavy atom. The number of ether oxygens (including phenoxy) is 1. The summed E-state index contributed by atoms with van der Waals surface area (Å²) >= 11 is 0. The molecule has 20 heavy (non-hydrogen) atoms. The highest BCUT2D eigenvalue weighted by Gasteiger charge is 2.06. The van der Waals surface area contributed by atoms with E-state index in [0.717, 1.165) is 35.5 Å². The predicted octanol–water partition coefficient (Wildman–Crippen LogP) is 3.20. The van der Waals surface area contributed by atoms with Gasteiger partial charge in [0.1, 0.15) is 12.4 Å². The second-order valence-electron chi connectivity index (χ2n) is 5.18. The van der Waals surface area contributed by atoms with Crippen molar-refractivity contribution in [3.05, 3.63) is 47.5 Å². The molecule has 0 bridgehead atoms. The number of benzene rings is 1. The molecular formula is C16H23N3O. The van der Waals surface area contributed by atoms with Crippen molar-refractivity contribution >= 4 is 0 Å². The number of hydrogen-bond donors (Lipinski definition) is 1. The van der Waals surface area contributed by atoms with E-state index in [4.69, 9.17) is 10.5 Å². The highest BCUT2D eigenvalue weighted by atomic mass is 16.5. The molecule has 0 saturated heterocycles. The van der Waals surface area contributed by atoms with Crippen molar-refractivity contribution in [1.82, 2.24) is 9.55 Å². The lowest BCUT2D eigenvalue weighted by atomic mass is 10.1. The Morgan fingerprint density at radius 1 is 1.40 bits per heavy atom. The lowest BCUT2D eigenvalue weighted by Gasteiger charge is -2.13. The number of hydrogen-bond acceptors (Lipinski definition) is 3. The van der Waals surface area contributed by atoms with E-state index >= 15 is 0 Å². The Hall–Kier alpha value is -1.81. The SMILES string of the molecule is CCCn1cncc1COc1ccc([C@H](C)N)cc1C. The zero-order valence-corrected chi connectivity index (χ0v) is 12.5. The monoisotopic (exact) mass is 273 g/mol. The summed E-state index contributed by atoms with van der Waals surface area (Å²) in [5.74, 6) is 0.902. The predicted molar refractivity (Wildman–Crippen MR) is 80.6 cm³/mol. The normalized spacial score (nSPS) is 12.4. The molecule has 0 radical (unpaired) electrons. The molecule has 0 aliphatic carbocycles. The summed E-state index contributed by atoms with van der Waals surface area (Å²) in [6.45, 7) is 7.70. The van der Waals surface area contributed by atoms with Gasteiger partial charge in [-0.2, -0.15) is 0 Å². The molecule has 1 heterocycles. The lowest BCUT2D eigenvalue weighted by molar-refractivity contribution is 0.292. The number of nitrogens with zero attached hydrogens (tertiary/aromatic N) is 2. The van der Waals surface area contributed by atoms with Gasteiger partial charge >= 0.3 is 0 Å². The Morgan fingerprint density at radius 3 is 2.85 bits per heavy atom. The summed E-state index contributed by atoms with van der Waals surface area (Å²) < 4.78 is 8.03. The number of imidazole rings is 1. The van der Waals surface area contributed by atoms with Gasteiger partial charge in [0.15, 0.2) is 0 Å². The topological polar surface area (TPSA) is 53.1 Å². The zero-order chi connectivity index (χ0) is 14.5. The lowest BCUT2D eigenvalue weighted by Crippen LogP contribution is -2.07. The zero-order valence-electron chi connectivity index (χ0n) is 12.5. The van der Waals surface area contributed by atoms with Crippen molar-refractivity contribution in [2.45, 2.75) is 46.4 Å².